The van der Waals surface area contributed by atoms with E-state index in [9.17, 15) is 4.79 Å². The molecule has 15 heavy (non-hydrogen) atoms. The van der Waals surface area contributed by atoms with E-state index in [4.69, 9.17) is 17.3 Å². The van der Waals surface area contributed by atoms with Crippen molar-refractivity contribution in [1.82, 2.24) is 0 Å². The van der Waals surface area contributed by atoms with Crippen LogP contribution in [-0.4, -0.2) is 16.1 Å². The van der Waals surface area contributed by atoms with Crippen molar-refractivity contribution in [3.63, 3.8) is 0 Å². The van der Waals surface area contributed by atoms with Gasteiger partial charge in [0.2, 0.25) is 0 Å². The van der Waals surface area contributed by atoms with Crippen molar-refractivity contribution in [2.75, 3.05) is 5.32 Å². The van der Waals surface area contributed by atoms with E-state index in [-0.39, 0.29) is 6.42 Å². The molecule has 0 heterocycles. The van der Waals surface area contributed by atoms with Gasteiger partial charge in [0.05, 0.1) is 4.99 Å². The van der Waals surface area contributed by atoms with Gasteiger partial charge in [0.25, 0.3) is 0 Å². The molecule has 80 valence electrons. The minimum Gasteiger partial charge on any atom is -0.481 e. The summed E-state index contributed by atoms with van der Waals surface area (Å²) in [6.07, 6.45) is 1.35. The Bertz CT molecular complexity index is 338. The lowest BCUT2D eigenvalue weighted by Gasteiger charge is -2.06. The Morgan fingerprint density at radius 2 is 1.93 bits per heavy atom. The molecule has 3 nitrogen and oxygen atoms in total. The van der Waals surface area contributed by atoms with Crippen molar-refractivity contribution in [2.24, 2.45) is 0 Å². The SMILES string of the molecule is O=C(O)CCCC(=S)Nc1ccccc1. The maximum Gasteiger partial charge on any atom is 0.303 e. The third-order valence-electron chi connectivity index (χ3n) is 1.85. The molecule has 1 rings (SSSR count). The Hall–Kier alpha value is -1.42. The van der Waals surface area contributed by atoms with Crippen LogP contribution in [0.25, 0.3) is 0 Å². The fraction of sp³-hybridized carbons (Fsp3) is 0.273. The number of carboxylic acid groups (broad SMARTS) is 1. The molecule has 2 N–H and O–H groups in total. The number of nitrogens with one attached hydrogen (secondary N) is 1. The predicted octanol–water partition coefficient (Wildman–Crippen LogP) is 2.68. The minimum atomic E-state index is -0.780. The Morgan fingerprint density at radius 3 is 2.53 bits per heavy atom. The fourth-order valence-corrected chi connectivity index (χ4v) is 1.41. The van der Waals surface area contributed by atoms with Crippen molar-refractivity contribution in [1.29, 1.82) is 0 Å². The van der Waals surface area contributed by atoms with E-state index in [1.807, 2.05) is 30.3 Å². The number of para-hydroxylation sites is 1. The molecule has 1 aromatic rings. The third-order valence-corrected chi connectivity index (χ3v) is 2.16. The second-order valence-corrected chi connectivity index (χ2v) is 3.65. The molecule has 0 bridgehead atoms. The summed E-state index contributed by atoms with van der Waals surface area (Å²) in [5, 5.41) is 11.5. The van der Waals surface area contributed by atoms with E-state index in [2.05, 4.69) is 5.32 Å². The first-order valence-electron chi connectivity index (χ1n) is 4.75. The molecule has 0 aliphatic carbocycles. The van der Waals surface area contributed by atoms with Gasteiger partial charge in [-0.15, -0.1) is 0 Å². The van der Waals surface area contributed by atoms with Crippen LogP contribution in [0.2, 0.25) is 0 Å². The van der Waals surface area contributed by atoms with Gasteiger partial charge in [0.15, 0.2) is 0 Å². The van der Waals surface area contributed by atoms with E-state index in [0.717, 1.165) is 5.69 Å². The van der Waals surface area contributed by atoms with Gasteiger partial charge in [-0.05, 0) is 25.0 Å². The van der Waals surface area contributed by atoms with Crippen molar-refractivity contribution in [2.45, 2.75) is 19.3 Å². The highest BCUT2D eigenvalue weighted by Crippen LogP contribution is 2.07. The first-order valence-corrected chi connectivity index (χ1v) is 5.16. The normalized spacial score (nSPS) is 9.60. The number of rotatable bonds is 5. The zero-order chi connectivity index (χ0) is 11.1. The second kappa shape index (κ2) is 6.14. The molecule has 0 atom stereocenters. The van der Waals surface area contributed by atoms with E-state index in [1.165, 1.54) is 0 Å². The molecule has 0 spiro atoms. The van der Waals surface area contributed by atoms with Crippen molar-refractivity contribution in [3.05, 3.63) is 30.3 Å². The smallest absolute Gasteiger partial charge is 0.303 e. The molecule has 0 saturated heterocycles. The Morgan fingerprint density at radius 1 is 1.27 bits per heavy atom. The maximum absolute atomic E-state index is 10.3. The van der Waals surface area contributed by atoms with Crippen LogP contribution in [0, 0.1) is 0 Å². The van der Waals surface area contributed by atoms with Crippen LogP contribution in [0.5, 0.6) is 0 Å². The number of benzene rings is 1. The van der Waals surface area contributed by atoms with E-state index >= 15 is 0 Å². The predicted molar refractivity (Wildman–Crippen MR) is 64.1 cm³/mol. The molecule has 0 fully saturated rings. The molecule has 0 aromatic heterocycles. The van der Waals surface area contributed by atoms with Gasteiger partial charge >= 0.3 is 5.97 Å². The lowest BCUT2D eigenvalue weighted by molar-refractivity contribution is -0.137. The minimum absolute atomic E-state index is 0.163. The summed E-state index contributed by atoms with van der Waals surface area (Å²) in [5.41, 5.74) is 0.942. The highest BCUT2D eigenvalue weighted by Gasteiger charge is 2.00. The third kappa shape index (κ3) is 5.12. The summed E-state index contributed by atoms with van der Waals surface area (Å²) in [7, 11) is 0. The van der Waals surface area contributed by atoms with E-state index in [0.29, 0.717) is 17.8 Å². The van der Waals surface area contributed by atoms with Crippen LogP contribution in [0.15, 0.2) is 30.3 Å². The van der Waals surface area contributed by atoms with Gasteiger partial charge < -0.3 is 10.4 Å². The summed E-state index contributed by atoms with van der Waals surface area (Å²) < 4.78 is 0. The van der Waals surface area contributed by atoms with Gasteiger partial charge in [-0.25, -0.2) is 0 Å². The van der Waals surface area contributed by atoms with Crippen LogP contribution in [0.3, 0.4) is 0 Å². The van der Waals surface area contributed by atoms with Gasteiger partial charge in [-0.3, -0.25) is 4.79 Å². The summed E-state index contributed by atoms with van der Waals surface area (Å²) in [6, 6.07) is 9.61. The number of anilines is 1. The monoisotopic (exact) mass is 223 g/mol. The Labute approximate surface area is 94.1 Å². The highest BCUT2D eigenvalue weighted by molar-refractivity contribution is 7.80. The summed E-state index contributed by atoms with van der Waals surface area (Å²) in [4.78, 5) is 11.0. The van der Waals surface area contributed by atoms with Crippen molar-refractivity contribution >= 4 is 28.9 Å². The lowest BCUT2D eigenvalue weighted by Crippen LogP contribution is -2.09. The average Bonchev–Trinajstić information content (AvgIpc) is 2.18. The molecule has 0 radical (unpaired) electrons. The van der Waals surface area contributed by atoms with Crippen molar-refractivity contribution in [3.8, 4) is 0 Å². The summed E-state index contributed by atoms with van der Waals surface area (Å²) in [6.45, 7) is 0. The topological polar surface area (TPSA) is 49.3 Å². The molecular weight excluding hydrogens is 210 g/mol. The number of aliphatic carboxylic acids is 1. The number of hydrogen-bond acceptors (Lipinski definition) is 2. The van der Waals surface area contributed by atoms with E-state index < -0.39 is 5.97 Å². The molecule has 4 heteroatoms. The zero-order valence-corrected chi connectivity index (χ0v) is 9.09. The first kappa shape index (κ1) is 11.7. The molecule has 1 aromatic carbocycles. The van der Waals surface area contributed by atoms with Gasteiger partial charge in [-0.2, -0.15) is 0 Å². The van der Waals surface area contributed by atoms with Crippen molar-refractivity contribution < 1.29 is 9.90 Å². The molecular formula is C11H13NO2S. The Balaban J connectivity index is 2.28. The first-order chi connectivity index (χ1) is 7.18. The lowest BCUT2D eigenvalue weighted by atomic mass is 10.2. The molecule has 0 saturated carbocycles. The summed E-state index contributed by atoms with van der Waals surface area (Å²) in [5.74, 6) is -0.780. The zero-order valence-electron chi connectivity index (χ0n) is 8.27. The van der Waals surface area contributed by atoms with Crippen LogP contribution in [-0.2, 0) is 4.79 Å². The van der Waals surface area contributed by atoms with Gasteiger partial charge in [-0.1, -0.05) is 30.4 Å². The van der Waals surface area contributed by atoms with Crippen LogP contribution < -0.4 is 5.32 Å². The molecule has 0 amide bonds. The van der Waals surface area contributed by atoms with Crippen LogP contribution in [0.1, 0.15) is 19.3 Å². The maximum atomic E-state index is 10.3. The van der Waals surface area contributed by atoms with Crippen LogP contribution >= 0.6 is 12.2 Å². The molecule has 0 aliphatic rings. The Kier molecular flexibility index (Phi) is 4.77. The summed E-state index contributed by atoms with van der Waals surface area (Å²) >= 11 is 5.08. The highest BCUT2D eigenvalue weighted by atomic mass is 32.1. The largest absolute Gasteiger partial charge is 0.481 e. The number of thiocarbonyl (C=S) groups is 1. The quantitative estimate of drug-likeness (QED) is 0.753. The van der Waals surface area contributed by atoms with Gasteiger partial charge in [0, 0.05) is 12.1 Å². The number of carboxylic acids is 1. The van der Waals surface area contributed by atoms with Gasteiger partial charge in [0.1, 0.15) is 0 Å². The average molecular weight is 223 g/mol. The van der Waals surface area contributed by atoms with E-state index in [1.54, 1.807) is 0 Å². The molecule has 0 aliphatic heterocycles. The second-order valence-electron chi connectivity index (χ2n) is 3.16. The standard InChI is InChI=1S/C11H13NO2S/c13-11(14)8-4-7-10(15)12-9-5-2-1-3-6-9/h1-3,5-6H,4,7-8H2,(H,12,15)(H,13,14). The van der Waals surface area contributed by atoms with Crippen LogP contribution in [0.4, 0.5) is 5.69 Å². The number of carbonyl (C=O) groups is 1. The fourth-order valence-electron chi connectivity index (χ4n) is 1.15. The number of hydrogen-bond donors (Lipinski definition) is 2. The molecule has 0 unspecified atom stereocenters.